The van der Waals surface area contributed by atoms with Gasteiger partial charge in [-0.2, -0.15) is 5.10 Å². The minimum absolute atomic E-state index is 0.0940. The Bertz CT molecular complexity index is 1720. The predicted molar refractivity (Wildman–Crippen MR) is 137 cm³/mol. The molecule has 0 bridgehead atoms. The first kappa shape index (κ1) is 20.8. The van der Waals surface area contributed by atoms with Crippen molar-refractivity contribution in [2.45, 2.75) is 18.9 Å². The van der Waals surface area contributed by atoms with Gasteiger partial charge in [0.25, 0.3) is 0 Å². The highest BCUT2D eigenvalue weighted by atomic mass is 19.1. The predicted octanol–water partition coefficient (Wildman–Crippen LogP) is 5.82. The maximum Gasteiger partial charge on any atom is 0.154 e. The van der Waals surface area contributed by atoms with E-state index < -0.39 is 0 Å². The van der Waals surface area contributed by atoms with Crippen LogP contribution in [0.1, 0.15) is 24.4 Å². The standard InChI is InChI=1S/C28H22FN7/c29-21-5-1-4-19(14-21)25-8-3-13-35(25)28-12-11-27-30-17-26(36(27)34-28)23-7-2-6-22(32-23)18-9-10-20-16-31-33-24(20)15-18/h1-2,4-7,9-12,14-17,25H,3,8,13H2,(H,31,33)/t25-/m1/s1. The fourth-order valence-electron chi connectivity index (χ4n) is 5.13. The van der Waals surface area contributed by atoms with Crippen molar-refractivity contribution in [2.75, 3.05) is 11.4 Å². The molecule has 7 rings (SSSR count). The van der Waals surface area contributed by atoms with E-state index in [1.165, 1.54) is 6.07 Å². The van der Waals surface area contributed by atoms with Crippen LogP contribution >= 0.6 is 0 Å². The average molecular weight is 476 g/mol. The lowest BCUT2D eigenvalue weighted by Crippen LogP contribution is -2.24. The number of hydrogen-bond acceptors (Lipinski definition) is 5. The Hall–Kier alpha value is -4.59. The number of aromatic amines is 1. The lowest BCUT2D eigenvalue weighted by atomic mass is 10.0. The van der Waals surface area contributed by atoms with Crippen molar-refractivity contribution in [3.05, 3.63) is 96.6 Å². The first-order valence-electron chi connectivity index (χ1n) is 12.0. The van der Waals surface area contributed by atoms with Gasteiger partial charge in [0.1, 0.15) is 17.3 Å². The number of imidazole rings is 1. The van der Waals surface area contributed by atoms with Crippen LogP contribution < -0.4 is 4.90 Å². The molecule has 0 unspecified atom stereocenters. The van der Waals surface area contributed by atoms with E-state index >= 15 is 0 Å². The van der Waals surface area contributed by atoms with Gasteiger partial charge in [0.05, 0.1) is 35.3 Å². The van der Waals surface area contributed by atoms with Crippen LogP contribution in [0.4, 0.5) is 10.2 Å². The van der Waals surface area contributed by atoms with Gasteiger partial charge < -0.3 is 4.90 Å². The Morgan fingerprint density at radius 3 is 2.78 bits per heavy atom. The molecule has 0 spiro atoms. The molecule has 0 amide bonds. The van der Waals surface area contributed by atoms with Crippen molar-refractivity contribution in [3.8, 4) is 22.6 Å². The number of rotatable bonds is 4. The number of hydrogen-bond donors (Lipinski definition) is 1. The summed E-state index contributed by atoms with van der Waals surface area (Å²) in [7, 11) is 0. The van der Waals surface area contributed by atoms with Crippen molar-refractivity contribution in [2.24, 2.45) is 0 Å². The summed E-state index contributed by atoms with van der Waals surface area (Å²) in [4.78, 5) is 11.8. The molecule has 36 heavy (non-hydrogen) atoms. The number of aromatic nitrogens is 6. The van der Waals surface area contributed by atoms with Gasteiger partial charge in [0, 0.05) is 17.5 Å². The molecule has 1 saturated heterocycles. The van der Waals surface area contributed by atoms with Crippen LogP contribution in [0.5, 0.6) is 0 Å². The summed E-state index contributed by atoms with van der Waals surface area (Å²) in [6, 6.07) is 23.0. The van der Waals surface area contributed by atoms with E-state index in [2.05, 4.69) is 32.2 Å². The molecular weight excluding hydrogens is 453 g/mol. The molecule has 1 aliphatic heterocycles. The van der Waals surface area contributed by atoms with Gasteiger partial charge in [-0.25, -0.2) is 18.9 Å². The third-order valence-corrected chi connectivity index (χ3v) is 6.88. The second kappa shape index (κ2) is 8.27. The highest BCUT2D eigenvalue weighted by Crippen LogP contribution is 2.36. The SMILES string of the molecule is Fc1cccc([C@H]2CCCN2c2ccc3ncc(-c4cccc(-c5ccc6cn[nH]c6c5)n4)n3n2)c1. The Morgan fingerprint density at radius 1 is 0.917 bits per heavy atom. The normalized spacial score (nSPS) is 15.8. The minimum atomic E-state index is -0.211. The van der Waals surface area contributed by atoms with Crippen LogP contribution in [-0.2, 0) is 0 Å². The summed E-state index contributed by atoms with van der Waals surface area (Å²) in [5, 5.41) is 13.2. The summed E-state index contributed by atoms with van der Waals surface area (Å²) in [5.74, 6) is 0.631. The lowest BCUT2D eigenvalue weighted by molar-refractivity contribution is 0.617. The van der Waals surface area contributed by atoms with E-state index in [-0.39, 0.29) is 11.9 Å². The molecule has 8 heteroatoms. The maximum atomic E-state index is 13.9. The van der Waals surface area contributed by atoms with Crippen LogP contribution in [0, 0.1) is 5.82 Å². The molecular formula is C28H22FN7. The minimum Gasteiger partial charge on any atom is -0.348 e. The Kier molecular flexibility index (Phi) is 4.77. The molecule has 6 aromatic rings. The van der Waals surface area contributed by atoms with Crippen LogP contribution in [0.2, 0.25) is 0 Å². The second-order valence-electron chi connectivity index (χ2n) is 9.09. The van der Waals surface area contributed by atoms with Gasteiger partial charge in [-0.05, 0) is 60.9 Å². The van der Waals surface area contributed by atoms with Crippen LogP contribution in [0.15, 0.2) is 85.2 Å². The largest absolute Gasteiger partial charge is 0.348 e. The summed E-state index contributed by atoms with van der Waals surface area (Å²) in [6.45, 7) is 0.869. The van der Waals surface area contributed by atoms with E-state index in [1.54, 1.807) is 12.1 Å². The van der Waals surface area contributed by atoms with Gasteiger partial charge in [-0.15, -0.1) is 5.10 Å². The number of halogens is 1. The maximum absolute atomic E-state index is 13.9. The van der Waals surface area contributed by atoms with Gasteiger partial charge in [0.2, 0.25) is 0 Å². The zero-order valence-electron chi connectivity index (χ0n) is 19.3. The molecule has 1 N–H and O–H groups in total. The molecule has 1 aliphatic rings. The summed E-state index contributed by atoms with van der Waals surface area (Å²) >= 11 is 0. The molecule has 0 saturated carbocycles. The third kappa shape index (κ3) is 3.50. The molecule has 2 aromatic carbocycles. The number of nitrogens with one attached hydrogen (secondary N) is 1. The highest BCUT2D eigenvalue weighted by molar-refractivity contribution is 5.83. The van der Waals surface area contributed by atoms with Crippen molar-refractivity contribution in [1.82, 2.24) is 29.8 Å². The molecule has 7 nitrogen and oxygen atoms in total. The smallest absolute Gasteiger partial charge is 0.154 e. The van der Waals surface area contributed by atoms with E-state index in [0.717, 1.165) is 70.0 Å². The summed E-state index contributed by atoms with van der Waals surface area (Å²) < 4.78 is 15.8. The van der Waals surface area contributed by atoms with Crippen molar-refractivity contribution in [3.63, 3.8) is 0 Å². The van der Waals surface area contributed by atoms with E-state index in [9.17, 15) is 4.39 Å². The van der Waals surface area contributed by atoms with Crippen LogP contribution in [0.25, 0.3) is 39.2 Å². The van der Waals surface area contributed by atoms with Crippen LogP contribution in [-0.4, -0.2) is 36.3 Å². The molecule has 0 aliphatic carbocycles. The number of fused-ring (bicyclic) bond motifs is 2. The lowest BCUT2D eigenvalue weighted by Gasteiger charge is -2.26. The summed E-state index contributed by atoms with van der Waals surface area (Å²) in [5.41, 5.74) is 6.17. The fourth-order valence-corrected chi connectivity index (χ4v) is 5.13. The van der Waals surface area contributed by atoms with E-state index in [1.807, 2.05) is 59.4 Å². The van der Waals surface area contributed by atoms with Crippen molar-refractivity contribution in [1.29, 1.82) is 0 Å². The fraction of sp³-hybridized carbons (Fsp3) is 0.143. The molecule has 4 aromatic heterocycles. The number of H-pyrrole nitrogens is 1. The number of benzene rings is 2. The number of pyridine rings is 1. The Balaban J connectivity index is 1.27. The second-order valence-corrected chi connectivity index (χ2v) is 9.09. The molecule has 5 heterocycles. The van der Waals surface area contributed by atoms with Gasteiger partial charge in [-0.3, -0.25) is 5.10 Å². The monoisotopic (exact) mass is 475 g/mol. The zero-order chi connectivity index (χ0) is 24.1. The highest BCUT2D eigenvalue weighted by Gasteiger charge is 2.28. The van der Waals surface area contributed by atoms with Gasteiger partial charge in [0.15, 0.2) is 5.65 Å². The van der Waals surface area contributed by atoms with Gasteiger partial charge >= 0.3 is 0 Å². The topological polar surface area (TPSA) is 75.0 Å². The quantitative estimate of drug-likeness (QED) is 0.348. The number of anilines is 1. The first-order chi connectivity index (χ1) is 17.7. The average Bonchev–Trinajstić information content (AvgIpc) is 3.67. The molecule has 1 fully saturated rings. The Labute approximate surface area is 206 Å². The first-order valence-corrected chi connectivity index (χ1v) is 12.0. The molecule has 0 radical (unpaired) electrons. The zero-order valence-corrected chi connectivity index (χ0v) is 19.3. The molecule has 1 atom stereocenters. The summed E-state index contributed by atoms with van der Waals surface area (Å²) in [6.07, 6.45) is 5.61. The third-order valence-electron chi connectivity index (χ3n) is 6.88. The van der Waals surface area contributed by atoms with E-state index in [4.69, 9.17) is 10.1 Å². The van der Waals surface area contributed by atoms with Crippen molar-refractivity contribution >= 4 is 22.4 Å². The number of nitrogens with zero attached hydrogens (tertiary/aromatic N) is 6. The molecule has 176 valence electrons. The van der Waals surface area contributed by atoms with E-state index in [0.29, 0.717) is 0 Å². The van der Waals surface area contributed by atoms with Gasteiger partial charge in [-0.1, -0.05) is 30.3 Å². The Morgan fingerprint density at radius 2 is 1.83 bits per heavy atom. The van der Waals surface area contributed by atoms with Crippen LogP contribution in [0.3, 0.4) is 0 Å². The van der Waals surface area contributed by atoms with Crippen molar-refractivity contribution < 1.29 is 4.39 Å².